The molecule has 0 radical (unpaired) electrons. The van der Waals surface area contributed by atoms with E-state index in [-0.39, 0.29) is 37.0 Å². The smallest absolute Gasteiger partial charge is 0.277 e. The monoisotopic (exact) mass is 491 g/mol. The highest BCUT2D eigenvalue weighted by Gasteiger charge is 2.32. The Balaban J connectivity index is 2.32. The Morgan fingerprint density at radius 2 is 1.97 bits per heavy atom. The molecule has 2 atom stereocenters. The summed E-state index contributed by atoms with van der Waals surface area (Å²) in [6, 6.07) is 4.99. The van der Waals surface area contributed by atoms with E-state index < -0.39 is 15.2 Å². The molecule has 0 saturated heterocycles. The summed E-state index contributed by atoms with van der Waals surface area (Å²) < 4.78 is 31.5. The molecule has 0 amide bonds. The zero-order valence-electron chi connectivity index (χ0n) is 20.3. The third kappa shape index (κ3) is 4.52. The molecule has 0 aliphatic carbocycles. The van der Waals surface area contributed by atoms with E-state index in [1.165, 1.54) is 0 Å². The summed E-state index contributed by atoms with van der Waals surface area (Å²) in [6.07, 6.45) is 1.71. The van der Waals surface area contributed by atoms with Crippen molar-refractivity contribution in [3.63, 3.8) is 0 Å². The Hall–Kier alpha value is -2.60. The van der Waals surface area contributed by atoms with Gasteiger partial charge in [0.25, 0.3) is 5.56 Å². The van der Waals surface area contributed by atoms with Gasteiger partial charge >= 0.3 is 0 Å². The van der Waals surface area contributed by atoms with Gasteiger partial charge in [-0.15, -0.1) is 5.10 Å². The molecule has 2 N–H and O–H groups in total. The van der Waals surface area contributed by atoms with Crippen LogP contribution in [0, 0.1) is 6.92 Å². The average molecular weight is 492 g/mol. The van der Waals surface area contributed by atoms with Gasteiger partial charge in [-0.2, -0.15) is 0 Å². The van der Waals surface area contributed by atoms with E-state index in [0.29, 0.717) is 34.8 Å². The SMILES string of the molecule is CCOc1ccc([N+](CC)(CCO)S(=O)[O-])cc1-c1nn2c(C(CC)CC)nc(C)c2c(=O)[nH]1. The Morgan fingerprint density at radius 1 is 1.26 bits per heavy atom. The first-order valence-corrected chi connectivity index (χ1v) is 12.7. The number of hydrogen-bond acceptors (Lipinski definition) is 7. The molecule has 0 spiro atoms. The Morgan fingerprint density at radius 3 is 2.53 bits per heavy atom. The predicted octanol–water partition coefficient (Wildman–Crippen LogP) is 2.81. The summed E-state index contributed by atoms with van der Waals surface area (Å²) in [5.74, 6) is 1.57. The molecule has 3 aromatic rings. The van der Waals surface area contributed by atoms with Gasteiger partial charge in [0.1, 0.15) is 23.8 Å². The highest BCUT2D eigenvalue weighted by atomic mass is 32.2. The molecule has 0 fully saturated rings. The van der Waals surface area contributed by atoms with Gasteiger partial charge in [-0.05, 0) is 39.7 Å². The van der Waals surface area contributed by atoms with Crippen molar-refractivity contribution in [1.29, 1.82) is 0 Å². The zero-order valence-corrected chi connectivity index (χ0v) is 21.1. The highest BCUT2D eigenvalue weighted by Crippen LogP contribution is 2.35. The Bertz CT molecular complexity index is 1240. The number of aromatic amines is 1. The van der Waals surface area contributed by atoms with Crippen LogP contribution >= 0.6 is 0 Å². The lowest BCUT2D eigenvalue weighted by molar-refractivity contribution is 0.253. The minimum Gasteiger partial charge on any atom is -0.724 e. The first-order valence-electron chi connectivity index (χ1n) is 11.6. The summed E-state index contributed by atoms with van der Waals surface area (Å²) in [7, 11) is 0. The number of ether oxygens (including phenoxy) is 1. The number of aryl methyl sites for hydroxylation is 1. The van der Waals surface area contributed by atoms with E-state index in [9.17, 15) is 18.7 Å². The molecule has 0 bridgehead atoms. The molecule has 3 rings (SSSR count). The van der Waals surface area contributed by atoms with Gasteiger partial charge in [-0.25, -0.2) is 17.6 Å². The lowest BCUT2D eigenvalue weighted by Crippen LogP contribution is -2.52. The summed E-state index contributed by atoms with van der Waals surface area (Å²) in [5.41, 5.74) is 1.55. The van der Waals surface area contributed by atoms with Crippen LogP contribution in [-0.2, 0) is 11.3 Å². The van der Waals surface area contributed by atoms with Crippen molar-refractivity contribution in [3.05, 3.63) is 40.1 Å². The van der Waals surface area contributed by atoms with E-state index in [1.54, 1.807) is 36.6 Å². The van der Waals surface area contributed by atoms with Gasteiger partial charge < -0.3 is 19.4 Å². The number of hydrogen-bond donors (Lipinski definition) is 2. The molecule has 1 aromatic carbocycles. The van der Waals surface area contributed by atoms with E-state index in [2.05, 4.69) is 23.8 Å². The number of rotatable bonds is 11. The normalized spacial score (nSPS) is 14.5. The molecule has 0 aliphatic rings. The van der Waals surface area contributed by atoms with E-state index >= 15 is 0 Å². The minimum absolute atomic E-state index is 0.0113. The van der Waals surface area contributed by atoms with Crippen LogP contribution in [0.5, 0.6) is 5.75 Å². The van der Waals surface area contributed by atoms with Gasteiger partial charge in [-0.3, -0.25) is 4.79 Å². The second-order valence-electron chi connectivity index (χ2n) is 8.12. The van der Waals surface area contributed by atoms with Crippen molar-refractivity contribution in [2.24, 2.45) is 0 Å². The molecule has 34 heavy (non-hydrogen) atoms. The number of nitrogens with one attached hydrogen (secondary N) is 1. The van der Waals surface area contributed by atoms with Crippen molar-refractivity contribution in [1.82, 2.24) is 23.5 Å². The van der Waals surface area contributed by atoms with Crippen LogP contribution in [0.2, 0.25) is 0 Å². The summed E-state index contributed by atoms with van der Waals surface area (Å²) in [5, 5.41) is 14.3. The van der Waals surface area contributed by atoms with Gasteiger partial charge in [0, 0.05) is 18.1 Å². The predicted molar refractivity (Wildman–Crippen MR) is 131 cm³/mol. The molecule has 2 aromatic heterocycles. The third-order valence-corrected chi connectivity index (χ3v) is 7.52. The summed E-state index contributed by atoms with van der Waals surface area (Å²) in [6.45, 7) is 9.78. The molecule has 11 heteroatoms. The largest absolute Gasteiger partial charge is 0.724 e. The third-order valence-electron chi connectivity index (χ3n) is 6.30. The van der Waals surface area contributed by atoms with Crippen LogP contribution in [0.3, 0.4) is 0 Å². The Kier molecular flexibility index (Phi) is 8.24. The fourth-order valence-corrected chi connectivity index (χ4v) is 5.10. The van der Waals surface area contributed by atoms with Gasteiger partial charge in [0.05, 0.1) is 31.0 Å². The first kappa shape index (κ1) is 26.0. The first-order chi connectivity index (χ1) is 16.3. The molecule has 0 saturated carbocycles. The number of aliphatic hydroxyl groups is 1. The lowest BCUT2D eigenvalue weighted by atomic mass is 10.0. The average Bonchev–Trinajstić information content (AvgIpc) is 3.15. The maximum absolute atomic E-state index is 13.1. The van der Waals surface area contributed by atoms with Crippen LogP contribution in [0.15, 0.2) is 23.0 Å². The Labute approximate surface area is 201 Å². The molecule has 2 unspecified atom stereocenters. The number of aliphatic hydroxyl groups excluding tert-OH is 1. The number of imidazole rings is 1. The highest BCUT2D eigenvalue weighted by molar-refractivity contribution is 7.78. The van der Waals surface area contributed by atoms with Gasteiger partial charge in [0.2, 0.25) is 0 Å². The van der Waals surface area contributed by atoms with Crippen LogP contribution in [-0.4, -0.2) is 59.8 Å². The number of quaternary nitrogens is 1. The van der Waals surface area contributed by atoms with E-state index in [0.717, 1.165) is 18.7 Å². The fraction of sp³-hybridized carbons (Fsp3) is 0.522. The maximum atomic E-state index is 13.1. The van der Waals surface area contributed by atoms with Crippen molar-refractivity contribution >= 4 is 22.5 Å². The van der Waals surface area contributed by atoms with E-state index in [1.807, 2.05) is 6.92 Å². The van der Waals surface area contributed by atoms with Crippen molar-refractivity contribution in [2.75, 3.05) is 26.3 Å². The summed E-state index contributed by atoms with van der Waals surface area (Å²) >= 11 is -2.54. The van der Waals surface area contributed by atoms with Crippen molar-refractivity contribution in [2.45, 2.75) is 53.4 Å². The fourth-order valence-electron chi connectivity index (χ4n) is 4.37. The van der Waals surface area contributed by atoms with E-state index in [4.69, 9.17) is 9.84 Å². The molecular formula is C23H33N5O5S. The van der Waals surface area contributed by atoms with Crippen molar-refractivity contribution < 1.29 is 18.6 Å². The number of nitrogens with zero attached hydrogens (tertiary/aromatic N) is 4. The number of benzene rings is 1. The second-order valence-corrected chi connectivity index (χ2v) is 9.25. The minimum atomic E-state index is -2.54. The maximum Gasteiger partial charge on any atom is 0.277 e. The topological polar surface area (TPSA) is 133 Å². The van der Waals surface area contributed by atoms with Gasteiger partial charge in [-0.1, -0.05) is 13.8 Å². The molecule has 0 aliphatic heterocycles. The number of aromatic nitrogens is 4. The quantitative estimate of drug-likeness (QED) is 0.311. The zero-order chi connectivity index (χ0) is 25.0. The van der Waals surface area contributed by atoms with Crippen molar-refractivity contribution in [3.8, 4) is 17.1 Å². The number of fused-ring (bicyclic) bond motifs is 1. The number of likely N-dealkylation sites (N-methyl/N-ethyl adjacent to an activating group) is 1. The summed E-state index contributed by atoms with van der Waals surface area (Å²) in [4.78, 5) is 20.6. The second kappa shape index (κ2) is 10.8. The molecule has 2 heterocycles. The molecule has 186 valence electrons. The molecular weight excluding hydrogens is 458 g/mol. The number of H-pyrrole nitrogens is 1. The standard InChI is InChI=1S/C23H33N5O5S/c1-6-16(7-2)22-24-15(5)20-23(30)25-21(26-27(20)22)18-14-17(10-11-19(18)33-9-4)28(8-3,12-13-29)34(31)32/h10-11,14,16,29H,6-9,12-13H2,1-5H3,(H-,25,26,30,31,32). The van der Waals surface area contributed by atoms with Crippen LogP contribution in [0.4, 0.5) is 5.69 Å². The van der Waals surface area contributed by atoms with Crippen LogP contribution in [0.25, 0.3) is 16.9 Å². The molecule has 10 nitrogen and oxygen atoms in total. The van der Waals surface area contributed by atoms with Crippen LogP contribution < -0.4 is 14.2 Å². The lowest BCUT2D eigenvalue weighted by Gasteiger charge is -2.36. The van der Waals surface area contributed by atoms with Crippen LogP contribution in [0.1, 0.15) is 58.0 Å². The van der Waals surface area contributed by atoms with Gasteiger partial charge in [0.15, 0.2) is 22.6 Å².